The van der Waals surface area contributed by atoms with Gasteiger partial charge in [-0.15, -0.1) is 0 Å². The van der Waals surface area contributed by atoms with Gasteiger partial charge in [0.15, 0.2) is 0 Å². The summed E-state index contributed by atoms with van der Waals surface area (Å²) in [4.78, 5) is 31.2. The number of benzene rings is 2. The second-order valence-electron chi connectivity index (χ2n) is 7.33. The molecule has 1 aliphatic heterocycles. The van der Waals surface area contributed by atoms with Crippen LogP contribution in [0.25, 0.3) is 6.08 Å². The van der Waals surface area contributed by atoms with Gasteiger partial charge in [-0.1, -0.05) is 29.8 Å². The van der Waals surface area contributed by atoms with Gasteiger partial charge in [-0.3, -0.25) is 19.5 Å². The van der Waals surface area contributed by atoms with Crippen molar-refractivity contribution < 1.29 is 23.2 Å². The summed E-state index contributed by atoms with van der Waals surface area (Å²) >= 11 is 5.96. The Morgan fingerprint density at radius 2 is 2.09 bits per heavy atom. The van der Waals surface area contributed by atoms with Crippen LogP contribution < -0.4 is 16.6 Å². The van der Waals surface area contributed by atoms with E-state index < -0.39 is 17.9 Å². The molecule has 0 unspecified atom stereocenters. The average Bonchev–Trinajstić information content (AvgIpc) is 2.79. The second-order valence-corrected chi connectivity index (χ2v) is 7.71. The first-order chi connectivity index (χ1) is 15.8. The highest BCUT2D eigenvalue weighted by Gasteiger charge is 2.22. The quantitative estimate of drug-likeness (QED) is 0.505. The normalized spacial score (nSPS) is 13.4. The number of nitrogens with one attached hydrogen (secondary N) is 2. The molecule has 0 saturated heterocycles. The van der Waals surface area contributed by atoms with Crippen molar-refractivity contribution >= 4 is 29.6 Å². The van der Waals surface area contributed by atoms with Gasteiger partial charge in [0.25, 0.3) is 0 Å². The van der Waals surface area contributed by atoms with Gasteiger partial charge in [-0.2, -0.15) is 0 Å². The van der Waals surface area contributed by atoms with Crippen molar-refractivity contribution in [2.45, 2.75) is 26.1 Å². The zero-order valence-electron chi connectivity index (χ0n) is 17.9. The molecule has 2 aromatic carbocycles. The van der Waals surface area contributed by atoms with E-state index >= 15 is 0 Å². The fourth-order valence-corrected chi connectivity index (χ4v) is 3.46. The molecule has 0 radical (unpaired) electrons. The second kappa shape index (κ2) is 11.2. The maximum absolute atomic E-state index is 13.6. The monoisotopic (exact) mass is 479 g/mol. The number of nitrogens with zero attached hydrogens (tertiary/aromatic N) is 2. The van der Waals surface area contributed by atoms with E-state index in [0.717, 1.165) is 5.56 Å². The average molecular weight is 480 g/mol. The molecule has 2 aromatic rings. The van der Waals surface area contributed by atoms with Gasteiger partial charge in [0.2, 0.25) is 5.91 Å². The number of hydrazine groups is 1. The lowest BCUT2D eigenvalue weighted by atomic mass is 10.0. The Kier molecular flexibility index (Phi) is 8.34. The molecule has 11 heteroatoms. The molecule has 33 heavy (non-hydrogen) atoms. The van der Waals surface area contributed by atoms with Gasteiger partial charge in [0, 0.05) is 26.2 Å². The highest BCUT2D eigenvalue weighted by Crippen LogP contribution is 2.21. The van der Waals surface area contributed by atoms with Crippen LogP contribution in [0.3, 0.4) is 0 Å². The topological polar surface area (TPSA) is 99.9 Å². The minimum Gasteiger partial charge on any atom is -0.328 e. The molecule has 0 spiro atoms. The zero-order chi connectivity index (χ0) is 24.0. The van der Waals surface area contributed by atoms with Gasteiger partial charge >= 0.3 is 6.03 Å². The Labute approximate surface area is 194 Å². The predicted octanol–water partition coefficient (Wildman–Crippen LogP) is 2.93. The lowest BCUT2D eigenvalue weighted by Gasteiger charge is -2.30. The minimum atomic E-state index is -0.629. The number of hydroxylamine groups is 1. The van der Waals surface area contributed by atoms with Crippen LogP contribution in [-0.2, 0) is 22.7 Å². The summed E-state index contributed by atoms with van der Waals surface area (Å²) in [5.74, 6) is -1.27. The number of carbonyl (C=O) groups excluding carboxylic acids is 2. The van der Waals surface area contributed by atoms with Crippen molar-refractivity contribution in [1.29, 1.82) is 0 Å². The first-order valence-electron chi connectivity index (χ1n) is 10.1. The first-order valence-corrected chi connectivity index (χ1v) is 10.5. The van der Waals surface area contributed by atoms with Crippen LogP contribution in [0.15, 0.2) is 42.6 Å². The molecule has 176 valence electrons. The molecule has 1 atom stereocenters. The van der Waals surface area contributed by atoms with Crippen molar-refractivity contribution in [3.05, 3.63) is 75.9 Å². The van der Waals surface area contributed by atoms with E-state index in [1.165, 1.54) is 47.3 Å². The van der Waals surface area contributed by atoms with Crippen LogP contribution in [0.2, 0.25) is 5.02 Å². The van der Waals surface area contributed by atoms with Crippen LogP contribution in [-0.4, -0.2) is 41.0 Å². The number of nitrogens with two attached hydrogens (primary N) is 1. The summed E-state index contributed by atoms with van der Waals surface area (Å²) in [5, 5.41) is 1.21. The smallest absolute Gasteiger partial charge is 0.328 e. The minimum absolute atomic E-state index is 0.0297. The van der Waals surface area contributed by atoms with Crippen LogP contribution in [0.1, 0.15) is 23.6 Å². The number of amides is 3. The Morgan fingerprint density at radius 1 is 1.30 bits per heavy atom. The van der Waals surface area contributed by atoms with Crippen molar-refractivity contribution in [3.63, 3.8) is 0 Å². The number of carbonyl (C=O) groups is 2. The third-order valence-corrected chi connectivity index (χ3v) is 5.45. The van der Waals surface area contributed by atoms with Crippen molar-refractivity contribution in [2.75, 3.05) is 13.2 Å². The lowest BCUT2D eigenvalue weighted by Crippen LogP contribution is -2.54. The Balaban J connectivity index is 1.53. The summed E-state index contributed by atoms with van der Waals surface area (Å²) in [6, 6.07) is 7.55. The molecule has 3 rings (SSSR count). The van der Waals surface area contributed by atoms with Crippen LogP contribution in [0.5, 0.6) is 0 Å². The molecule has 0 bridgehead atoms. The molecule has 0 saturated carbocycles. The highest BCUT2D eigenvalue weighted by atomic mass is 35.5. The number of hydrogen-bond acceptors (Lipinski definition) is 5. The van der Waals surface area contributed by atoms with E-state index in [2.05, 4.69) is 10.9 Å². The molecule has 4 N–H and O–H groups in total. The molecule has 1 aliphatic rings. The zero-order valence-corrected chi connectivity index (χ0v) is 18.6. The molecule has 0 fully saturated rings. The molecule has 0 aliphatic carbocycles. The lowest BCUT2D eigenvalue weighted by molar-refractivity contribution is -0.137. The summed E-state index contributed by atoms with van der Waals surface area (Å²) in [5.41, 5.74) is 12.9. The van der Waals surface area contributed by atoms with Crippen LogP contribution in [0, 0.1) is 11.6 Å². The number of hydrogen-bond donors (Lipinski definition) is 3. The van der Waals surface area contributed by atoms with Gasteiger partial charge in [0.1, 0.15) is 11.6 Å². The van der Waals surface area contributed by atoms with Crippen LogP contribution >= 0.6 is 11.6 Å². The third-order valence-electron chi connectivity index (χ3n) is 5.03. The summed E-state index contributed by atoms with van der Waals surface area (Å²) in [7, 11) is 0. The third kappa shape index (κ3) is 6.26. The standard InChI is InChI=1S/C22H24ClF2N5O3/c1-14(31)30(27-11-16-3-2-4-20(25)21(16)23)19(10-26)13-33-28-22(32)29-8-7-15-9-18(24)6-5-17(15)12-29/h2-9,19,27H,10-13,26H2,1H3,(H,28,32)/t19-/m0/s1. The highest BCUT2D eigenvalue weighted by molar-refractivity contribution is 6.31. The van der Waals surface area contributed by atoms with Gasteiger partial charge < -0.3 is 5.73 Å². The molecule has 8 nitrogen and oxygen atoms in total. The molecular formula is C22H24ClF2N5O3. The number of urea groups is 1. The van der Waals surface area contributed by atoms with E-state index in [-0.39, 0.29) is 43.0 Å². The largest absolute Gasteiger partial charge is 0.345 e. The number of rotatable bonds is 8. The van der Waals surface area contributed by atoms with E-state index in [4.69, 9.17) is 22.2 Å². The van der Waals surface area contributed by atoms with E-state index in [1.54, 1.807) is 18.2 Å². The van der Waals surface area contributed by atoms with Gasteiger partial charge in [0.05, 0.1) is 24.2 Å². The van der Waals surface area contributed by atoms with Crippen molar-refractivity contribution in [1.82, 2.24) is 20.8 Å². The Bertz CT molecular complexity index is 1050. The van der Waals surface area contributed by atoms with Gasteiger partial charge in [-0.25, -0.2) is 24.5 Å². The van der Waals surface area contributed by atoms with E-state index in [1.807, 2.05) is 0 Å². The molecule has 3 amide bonds. The number of halogens is 3. The predicted molar refractivity (Wildman–Crippen MR) is 119 cm³/mol. The van der Waals surface area contributed by atoms with Crippen LogP contribution in [0.4, 0.5) is 13.6 Å². The molecule has 0 aromatic heterocycles. The fourth-order valence-electron chi connectivity index (χ4n) is 3.27. The van der Waals surface area contributed by atoms with E-state index in [0.29, 0.717) is 11.1 Å². The van der Waals surface area contributed by atoms with Crippen molar-refractivity contribution in [3.8, 4) is 0 Å². The fraction of sp³-hybridized carbons (Fsp3) is 0.273. The summed E-state index contributed by atoms with van der Waals surface area (Å²) in [6.45, 7) is 1.59. The molecular weight excluding hydrogens is 456 g/mol. The summed E-state index contributed by atoms with van der Waals surface area (Å²) < 4.78 is 27.0. The van der Waals surface area contributed by atoms with Crippen molar-refractivity contribution in [2.24, 2.45) is 5.73 Å². The maximum Gasteiger partial charge on any atom is 0.345 e. The maximum atomic E-state index is 13.6. The Morgan fingerprint density at radius 3 is 2.82 bits per heavy atom. The SMILES string of the molecule is CC(=O)N(NCc1cccc(F)c1Cl)[C@@H](CN)CONC(=O)N1C=Cc2cc(F)ccc2C1. The summed E-state index contributed by atoms with van der Waals surface area (Å²) in [6.07, 6.45) is 3.15. The van der Waals surface area contributed by atoms with E-state index in [9.17, 15) is 18.4 Å². The number of fused-ring (bicyclic) bond motifs is 1. The first kappa shape index (κ1) is 24.6. The molecule has 1 heterocycles. The Hall–Kier alpha value is -3.05. The van der Waals surface area contributed by atoms with Gasteiger partial charge in [-0.05, 0) is 41.0 Å².